The van der Waals surface area contributed by atoms with Gasteiger partial charge in [-0.05, 0) is 42.8 Å². The Hall–Kier alpha value is -1.05. The van der Waals surface area contributed by atoms with E-state index in [1.807, 2.05) is 13.0 Å². The van der Waals surface area contributed by atoms with Gasteiger partial charge in [0.25, 0.3) is 10.0 Å². The molecule has 0 aliphatic carbocycles. The molecule has 0 bridgehead atoms. The number of benzene rings is 2. The lowest BCUT2D eigenvalue weighted by molar-refractivity contribution is 0.601. The Labute approximate surface area is 134 Å². The van der Waals surface area contributed by atoms with Gasteiger partial charge < -0.3 is 5.73 Å². The molecule has 0 aliphatic heterocycles. The molecule has 0 saturated heterocycles. The van der Waals surface area contributed by atoms with Crippen molar-refractivity contribution in [3.63, 3.8) is 0 Å². The van der Waals surface area contributed by atoms with Gasteiger partial charge >= 0.3 is 0 Å². The summed E-state index contributed by atoms with van der Waals surface area (Å²) in [5, 5.41) is 0. The summed E-state index contributed by atoms with van der Waals surface area (Å²) in [5.74, 6) is 0. The average Bonchev–Trinajstić information content (AvgIpc) is 2.33. The maximum atomic E-state index is 12.3. The van der Waals surface area contributed by atoms with Gasteiger partial charge in [-0.3, -0.25) is 4.72 Å². The monoisotopic (exact) mass is 418 g/mol. The Bertz CT molecular complexity index is 761. The average molecular weight is 420 g/mol. The fourth-order valence-electron chi connectivity index (χ4n) is 1.63. The molecule has 2 rings (SSSR count). The molecule has 0 aromatic heterocycles. The van der Waals surface area contributed by atoms with Crippen molar-refractivity contribution in [2.75, 3.05) is 10.5 Å². The van der Waals surface area contributed by atoms with Crippen LogP contribution in [0.2, 0.25) is 0 Å². The van der Waals surface area contributed by atoms with E-state index in [2.05, 4.69) is 36.6 Å². The van der Waals surface area contributed by atoms with E-state index in [1.165, 1.54) is 6.07 Å². The lowest BCUT2D eigenvalue weighted by atomic mass is 10.2. The second-order valence-electron chi connectivity index (χ2n) is 4.25. The molecule has 2 aromatic rings. The Morgan fingerprint density at radius 3 is 2.40 bits per heavy atom. The number of nitrogens with one attached hydrogen (secondary N) is 1. The summed E-state index contributed by atoms with van der Waals surface area (Å²) in [7, 11) is -3.71. The van der Waals surface area contributed by atoms with Crippen LogP contribution in [0.5, 0.6) is 0 Å². The summed E-state index contributed by atoms with van der Waals surface area (Å²) in [6.45, 7) is 1.93. The second-order valence-corrected chi connectivity index (χ2v) is 7.67. The van der Waals surface area contributed by atoms with Gasteiger partial charge in [0, 0.05) is 14.6 Å². The lowest BCUT2D eigenvalue weighted by Crippen LogP contribution is -2.14. The van der Waals surface area contributed by atoms with Crippen molar-refractivity contribution in [2.24, 2.45) is 0 Å². The molecule has 0 saturated carbocycles. The molecule has 0 radical (unpaired) electrons. The summed E-state index contributed by atoms with van der Waals surface area (Å²) in [6, 6.07) is 9.89. The Kier molecular flexibility index (Phi) is 4.41. The van der Waals surface area contributed by atoms with Crippen LogP contribution < -0.4 is 10.5 Å². The van der Waals surface area contributed by atoms with Crippen LogP contribution in [0.4, 0.5) is 11.4 Å². The largest absolute Gasteiger partial charge is 0.398 e. The van der Waals surface area contributed by atoms with Crippen LogP contribution in [0.25, 0.3) is 0 Å². The molecule has 7 heteroatoms. The minimum absolute atomic E-state index is 0.0531. The van der Waals surface area contributed by atoms with Crippen molar-refractivity contribution in [3.8, 4) is 0 Å². The van der Waals surface area contributed by atoms with Gasteiger partial charge in [-0.25, -0.2) is 8.42 Å². The minimum atomic E-state index is -3.71. The zero-order chi connectivity index (χ0) is 14.9. The molecule has 0 fully saturated rings. The summed E-state index contributed by atoms with van der Waals surface area (Å²) in [6.07, 6.45) is 0. The predicted octanol–water partition coefficient (Wildman–Crippen LogP) is 3.90. The van der Waals surface area contributed by atoms with Gasteiger partial charge in [-0.15, -0.1) is 0 Å². The molecule has 0 aliphatic rings. The topological polar surface area (TPSA) is 72.2 Å². The predicted molar refractivity (Wildman–Crippen MR) is 88.2 cm³/mol. The number of nitrogen functional groups attached to an aromatic ring is 1. The van der Waals surface area contributed by atoms with Gasteiger partial charge in [0.1, 0.15) is 4.90 Å². The molecular formula is C13H12Br2N2O2S. The van der Waals surface area contributed by atoms with E-state index in [1.54, 1.807) is 24.3 Å². The lowest BCUT2D eigenvalue weighted by Gasteiger charge is -2.11. The standard InChI is InChI=1S/C13H12Br2N2O2S/c1-8-2-4-10(7-11(8)15)17-20(18,19)13-5-3-9(14)6-12(13)16/h2-7,17H,16H2,1H3. The van der Waals surface area contributed by atoms with Crippen LogP contribution in [0.3, 0.4) is 0 Å². The van der Waals surface area contributed by atoms with Crippen LogP contribution >= 0.6 is 31.9 Å². The molecule has 0 spiro atoms. The van der Waals surface area contributed by atoms with E-state index in [0.29, 0.717) is 5.69 Å². The fourth-order valence-corrected chi connectivity index (χ4v) is 3.55. The van der Waals surface area contributed by atoms with Gasteiger partial charge in [0.05, 0.1) is 5.69 Å². The molecule has 0 amide bonds. The number of rotatable bonds is 3. The van der Waals surface area contributed by atoms with Crippen LogP contribution in [0.1, 0.15) is 5.56 Å². The first-order chi connectivity index (χ1) is 9.29. The van der Waals surface area contributed by atoms with Gasteiger partial charge in [-0.2, -0.15) is 0 Å². The van der Waals surface area contributed by atoms with Crippen LogP contribution in [-0.2, 0) is 10.0 Å². The van der Waals surface area contributed by atoms with Gasteiger partial charge in [-0.1, -0.05) is 37.9 Å². The smallest absolute Gasteiger partial charge is 0.263 e. The van der Waals surface area contributed by atoms with Crippen molar-refractivity contribution >= 4 is 53.3 Å². The molecular weight excluding hydrogens is 408 g/mol. The number of sulfonamides is 1. The normalized spacial score (nSPS) is 11.3. The van der Waals surface area contributed by atoms with Crippen molar-refractivity contribution in [2.45, 2.75) is 11.8 Å². The fraction of sp³-hybridized carbons (Fsp3) is 0.0769. The third-order valence-electron chi connectivity index (χ3n) is 2.69. The van der Waals surface area contributed by atoms with E-state index >= 15 is 0 Å². The first-order valence-corrected chi connectivity index (χ1v) is 8.70. The first-order valence-electron chi connectivity index (χ1n) is 5.63. The van der Waals surface area contributed by atoms with Gasteiger partial charge in [0.15, 0.2) is 0 Å². The Balaban J connectivity index is 2.38. The molecule has 0 unspecified atom stereocenters. The molecule has 106 valence electrons. The first kappa shape index (κ1) is 15.3. The van der Waals surface area contributed by atoms with Crippen molar-refractivity contribution in [3.05, 3.63) is 50.9 Å². The molecule has 3 N–H and O–H groups in total. The quantitative estimate of drug-likeness (QED) is 0.741. The van der Waals surface area contributed by atoms with Crippen LogP contribution in [0, 0.1) is 6.92 Å². The molecule has 4 nitrogen and oxygen atoms in total. The van der Waals surface area contributed by atoms with E-state index in [9.17, 15) is 8.42 Å². The highest BCUT2D eigenvalue weighted by atomic mass is 79.9. The molecule has 20 heavy (non-hydrogen) atoms. The second kappa shape index (κ2) is 5.75. The van der Waals surface area contributed by atoms with Crippen LogP contribution in [-0.4, -0.2) is 8.42 Å². The third-order valence-corrected chi connectivity index (χ3v) is 5.49. The molecule has 0 atom stereocenters. The van der Waals surface area contributed by atoms with E-state index < -0.39 is 10.0 Å². The summed E-state index contributed by atoms with van der Waals surface area (Å²) >= 11 is 6.61. The Morgan fingerprint density at radius 2 is 1.80 bits per heavy atom. The van der Waals surface area contributed by atoms with Crippen molar-refractivity contribution in [1.82, 2.24) is 0 Å². The zero-order valence-electron chi connectivity index (χ0n) is 10.5. The van der Waals surface area contributed by atoms with Crippen molar-refractivity contribution < 1.29 is 8.42 Å². The highest BCUT2D eigenvalue weighted by Gasteiger charge is 2.17. The maximum Gasteiger partial charge on any atom is 0.263 e. The number of halogens is 2. The van der Waals surface area contributed by atoms with E-state index in [0.717, 1.165) is 14.5 Å². The molecule has 2 aromatic carbocycles. The highest BCUT2D eigenvalue weighted by molar-refractivity contribution is 9.10. The summed E-state index contributed by atoms with van der Waals surface area (Å²) in [4.78, 5) is 0.0531. The van der Waals surface area contributed by atoms with E-state index in [-0.39, 0.29) is 10.6 Å². The zero-order valence-corrected chi connectivity index (χ0v) is 14.5. The van der Waals surface area contributed by atoms with Gasteiger partial charge in [0.2, 0.25) is 0 Å². The van der Waals surface area contributed by atoms with Crippen LogP contribution in [0.15, 0.2) is 50.2 Å². The van der Waals surface area contributed by atoms with Crippen molar-refractivity contribution in [1.29, 1.82) is 0 Å². The summed E-state index contributed by atoms with van der Waals surface area (Å²) in [5.41, 5.74) is 7.45. The van der Waals surface area contributed by atoms with E-state index in [4.69, 9.17) is 5.73 Å². The highest BCUT2D eigenvalue weighted by Crippen LogP contribution is 2.26. The Morgan fingerprint density at radius 1 is 1.10 bits per heavy atom. The third kappa shape index (κ3) is 3.34. The summed E-state index contributed by atoms with van der Waals surface area (Å²) < 4.78 is 28.7. The number of anilines is 2. The minimum Gasteiger partial charge on any atom is -0.398 e. The maximum absolute atomic E-state index is 12.3. The molecule has 0 heterocycles. The SMILES string of the molecule is Cc1ccc(NS(=O)(=O)c2ccc(Br)cc2N)cc1Br. The number of aryl methyl sites for hydroxylation is 1. The number of hydrogen-bond acceptors (Lipinski definition) is 3. The number of hydrogen-bond donors (Lipinski definition) is 2. The number of nitrogens with two attached hydrogens (primary N) is 1.